The Kier molecular flexibility index (Phi) is 5.02. The maximum Gasteiger partial charge on any atom is 0.0613 e. The van der Waals surface area contributed by atoms with Crippen LogP contribution < -0.4 is 0 Å². The molecule has 0 radical (unpaired) electrons. The van der Waals surface area contributed by atoms with E-state index in [0.717, 1.165) is 23.4 Å². The van der Waals surface area contributed by atoms with Crippen molar-refractivity contribution >= 4 is 5.71 Å². The van der Waals surface area contributed by atoms with Crippen molar-refractivity contribution in [2.45, 2.75) is 27.2 Å². The van der Waals surface area contributed by atoms with Crippen LogP contribution in [-0.4, -0.2) is 5.71 Å². The van der Waals surface area contributed by atoms with Crippen LogP contribution >= 0.6 is 0 Å². The lowest BCUT2D eigenvalue weighted by Gasteiger charge is -2.01. The van der Waals surface area contributed by atoms with Crippen LogP contribution in [0.3, 0.4) is 0 Å². The predicted octanol–water partition coefficient (Wildman–Crippen LogP) is 3.50. The monoisotopic (exact) mass is 163 g/mol. The average Bonchev–Trinajstić information content (AvgIpc) is 2.06. The minimum absolute atomic E-state index is 0.911. The molecule has 0 amide bonds. The summed E-state index contributed by atoms with van der Waals surface area (Å²) in [6.07, 6.45) is 4.65. The van der Waals surface area contributed by atoms with E-state index in [-0.39, 0.29) is 0 Å². The summed E-state index contributed by atoms with van der Waals surface area (Å²) in [5, 5.41) is 0. The molecular weight excluding hydrogens is 146 g/mol. The van der Waals surface area contributed by atoms with Crippen LogP contribution in [0.2, 0.25) is 0 Å². The Hall–Kier alpha value is -1.11. The van der Waals surface area contributed by atoms with Gasteiger partial charge in [-0.2, -0.15) is 0 Å². The van der Waals surface area contributed by atoms with E-state index in [1.807, 2.05) is 19.9 Å². The topological polar surface area (TPSA) is 12.4 Å². The van der Waals surface area contributed by atoms with Crippen molar-refractivity contribution < 1.29 is 0 Å². The highest BCUT2D eigenvalue weighted by Gasteiger charge is 1.94. The van der Waals surface area contributed by atoms with Crippen LogP contribution in [0.5, 0.6) is 0 Å². The summed E-state index contributed by atoms with van der Waals surface area (Å²) in [7, 11) is 0. The van der Waals surface area contributed by atoms with Gasteiger partial charge >= 0.3 is 0 Å². The molecule has 0 saturated heterocycles. The van der Waals surface area contributed by atoms with Crippen molar-refractivity contribution in [3.05, 3.63) is 36.6 Å². The molecule has 1 nitrogen and oxygen atoms in total. The fraction of sp³-hybridized carbons (Fsp3) is 0.364. The molecule has 1 heteroatoms. The molecule has 0 fully saturated rings. The second-order valence-electron chi connectivity index (χ2n) is 2.62. The quantitative estimate of drug-likeness (QED) is 0.444. The fourth-order valence-corrected chi connectivity index (χ4v) is 0.830. The van der Waals surface area contributed by atoms with Crippen LogP contribution in [0, 0.1) is 0 Å². The highest BCUT2D eigenvalue weighted by molar-refractivity contribution is 5.95. The SMILES string of the molecule is C=C/C(CC)=N\C(=C\C)C(=C)C. The molecule has 0 unspecified atom stereocenters. The number of hydrogen-bond acceptors (Lipinski definition) is 1. The first-order valence-electron chi connectivity index (χ1n) is 4.17. The van der Waals surface area contributed by atoms with Crippen LogP contribution in [0.15, 0.2) is 41.6 Å². The second-order valence-corrected chi connectivity index (χ2v) is 2.62. The zero-order valence-corrected chi connectivity index (χ0v) is 8.22. The summed E-state index contributed by atoms with van der Waals surface area (Å²) in [4.78, 5) is 4.39. The van der Waals surface area contributed by atoms with E-state index >= 15 is 0 Å². The third-order valence-electron chi connectivity index (χ3n) is 1.57. The first-order valence-corrected chi connectivity index (χ1v) is 4.17. The Labute approximate surface area is 75.2 Å². The predicted molar refractivity (Wildman–Crippen MR) is 56.5 cm³/mol. The third kappa shape index (κ3) is 3.33. The molecule has 0 aliphatic carbocycles. The molecule has 0 aromatic carbocycles. The van der Waals surface area contributed by atoms with Gasteiger partial charge in [-0.15, -0.1) is 0 Å². The van der Waals surface area contributed by atoms with E-state index in [1.54, 1.807) is 6.08 Å². The van der Waals surface area contributed by atoms with E-state index in [9.17, 15) is 0 Å². The largest absolute Gasteiger partial charge is 0.254 e. The zero-order valence-electron chi connectivity index (χ0n) is 8.22. The van der Waals surface area contributed by atoms with E-state index < -0.39 is 0 Å². The van der Waals surface area contributed by atoms with Crippen LogP contribution in [0.1, 0.15) is 27.2 Å². The number of rotatable bonds is 4. The van der Waals surface area contributed by atoms with E-state index in [0.29, 0.717) is 0 Å². The third-order valence-corrected chi connectivity index (χ3v) is 1.57. The van der Waals surface area contributed by atoms with Crippen molar-refractivity contribution in [3.63, 3.8) is 0 Å². The first kappa shape index (κ1) is 10.9. The lowest BCUT2D eigenvalue weighted by molar-refractivity contribution is 1.22. The highest BCUT2D eigenvalue weighted by atomic mass is 14.8. The Balaban J connectivity index is 4.68. The Morgan fingerprint density at radius 2 is 2.08 bits per heavy atom. The molecule has 0 bridgehead atoms. The molecule has 0 heterocycles. The van der Waals surface area contributed by atoms with Gasteiger partial charge in [0.2, 0.25) is 0 Å². The number of hydrogen-bond donors (Lipinski definition) is 0. The van der Waals surface area contributed by atoms with E-state index in [1.165, 1.54) is 0 Å². The Morgan fingerprint density at radius 1 is 1.50 bits per heavy atom. The summed E-state index contributed by atoms with van der Waals surface area (Å²) in [5.41, 5.74) is 2.95. The second kappa shape index (κ2) is 5.53. The van der Waals surface area contributed by atoms with Crippen molar-refractivity contribution in [3.8, 4) is 0 Å². The average molecular weight is 163 g/mol. The number of nitrogens with zero attached hydrogens (tertiary/aromatic N) is 1. The summed E-state index contributed by atoms with van der Waals surface area (Å²) >= 11 is 0. The minimum Gasteiger partial charge on any atom is -0.254 e. The Bertz CT molecular complexity index is 231. The van der Waals surface area contributed by atoms with Gasteiger partial charge in [-0.05, 0) is 31.9 Å². The normalized spacial score (nSPS) is 12.9. The Morgan fingerprint density at radius 3 is 2.33 bits per heavy atom. The standard InChI is InChI=1S/C11H17N/c1-6-10(7-2)12-11(8-3)9(4)5/h6,8H,1,4,7H2,2-3,5H3/b11-8+,12-10+. The van der Waals surface area contributed by atoms with E-state index in [2.05, 4.69) is 25.1 Å². The van der Waals surface area contributed by atoms with Gasteiger partial charge in [-0.25, -0.2) is 0 Å². The summed E-state index contributed by atoms with van der Waals surface area (Å²) < 4.78 is 0. The van der Waals surface area contributed by atoms with Gasteiger partial charge in [0.25, 0.3) is 0 Å². The molecular formula is C11H17N. The summed E-state index contributed by atoms with van der Waals surface area (Å²) in [6, 6.07) is 0. The van der Waals surface area contributed by atoms with Gasteiger partial charge in [0.05, 0.1) is 5.70 Å². The van der Waals surface area contributed by atoms with Crippen molar-refractivity contribution in [2.24, 2.45) is 4.99 Å². The molecule has 0 rings (SSSR count). The van der Waals surface area contributed by atoms with Gasteiger partial charge in [0.15, 0.2) is 0 Å². The molecule has 12 heavy (non-hydrogen) atoms. The van der Waals surface area contributed by atoms with Gasteiger partial charge in [0.1, 0.15) is 0 Å². The van der Waals surface area contributed by atoms with Gasteiger partial charge < -0.3 is 0 Å². The summed E-state index contributed by atoms with van der Waals surface area (Å²) in [5.74, 6) is 0. The molecule has 66 valence electrons. The van der Waals surface area contributed by atoms with Crippen molar-refractivity contribution in [1.29, 1.82) is 0 Å². The zero-order chi connectivity index (χ0) is 9.56. The molecule has 0 saturated carbocycles. The molecule has 0 atom stereocenters. The smallest absolute Gasteiger partial charge is 0.0613 e. The van der Waals surface area contributed by atoms with Crippen LogP contribution in [-0.2, 0) is 0 Å². The lowest BCUT2D eigenvalue weighted by atomic mass is 10.2. The van der Waals surface area contributed by atoms with Crippen LogP contribution in [0.25, 0.3) is 0 Å². The minimum atomic E-state index is 0.911. The van der Waals surface area contributed by atoms with Gasteiger partial charge in [-0.3, -0.25) is 4.99 Å². The van der Waals surface area contributed by atoms with Gasteiger partial charge in [-0.1, -0.05) is 26.2 Å². The van der Waals surface area contributed by atoms with Gasteiger partial charge in [0, 0.05) is 5.71 Å². The number of aliphatic imine (C=N–C) groups is 1. The van der Waals surface area contributed by atoms with E-state index in [4.69, 9.17) is 0 Å². The molecule has 0 aliphatic heterocycles. The molecule has 0 aliphatic rings. The van der Waals surface area contributed by atoms with Crippen LogP contribution in [0.4, 0.5) is 0 Å². The lowest BCUT2D eigenvalue weighted by Crippen LogP contribution is -1.91. The maximum atomic E-state index is 4.39. The molecule has 0 spiro atoms. The molecule has 0 aromatic heterocycles. The number of allylic oxidation sites excluding steroid dienone is 3. The summed E-state index contributed by atoms with van der Waals surface area (Å²) in [6.45, 7) is 13.5. The molecule has 0 N–H and O–H groups in total. The van der Waals surface area contributed by atoms with Crippen molar-refractivity contribution in [1.82, 2.24) is 0 Å². The first-order chi connectivity index (χ1) is 5.65. The highest BCUT2D eigenvalue weighted by Crippen LogP contribution is 2.09. The maximum absolute atomic E-state index is 4.39. The fourth-order valence-electron chi connectivity index (χ4n) is 0.830. The molecule has 0 aromatic rings. The van der Waals surface area contributed by atoms with Crippen molar-refractivity contribution in [2.75, 3.05) is 0 Å².